The second-order valence-corrected chi connectivity index (χ2v) is 7.00. The van der Waals surface area contributed by atoms with E-state index in [0.29, 0.717) is 16.8 Å². The van der Waals surface area contributed by atoms with Crippen LogP contribution in [-0.4, -0.2) is 24.0 Å². The number of nitrogens with zero attached hydrogens (tertiary/aromatic N) is 3. The average Bonchev–Trinajstić information content (AvgIpc) is 2.68. The van der Waals surface area contributed by atoms with E-state index in [1.807, 2.05) is 6.07 Å². The fraction of sp³-hybridized carbons (Fsp3) is 0.350. The number of piperidine rings is 1. The second-order valence-electron chi connectivity index (χ2n) is 7.00. The number of carbonyl (C=O) groups is 1. The molecule has 0 aliphatic carbocycles. The Kier molecular flexibility index (Phi) is 3.97. The van der Waals surface area contributed by atoms with Crippen molar-refractivity contribution in [3.05, 3.63) is 59.2 Å². The first-order chi connectivity index (χ1) is 12.6. The summed E-state index contributed by atoms with van der Waals surface area (Å²) < 4.78 is 13.7. The molecule has 2 fully saturated rings. The number of amides is 1. The van der Waals surface area contributed by atoms with Gasteiger partial charge in [0.25, 0.3) is 0 Å². The Labute approximate surface area is 151 Å². The molecule has 1 unspecified atom stereocenters. The summed E-state index contributed by atoms with van der Waals surface area (Å²) in [5.41, 5.74) is 1.98. The number of nitrogens with one attached hydrogen (secondary N) is 1. The highest BCUT2D eigenvalue weighted by Crippen LogP contribution is 2.56. The minimum Gasteiger partial charge on any atom is -0.317 e. The molecule has 2 saturated heterocycles. The molecule has 1 aromatic heterocycles. The number of benzene rings is 1. The largest absolute Gasteiger partial charge is 0.317 e. The molecule has 2 aliphatic heterocycles. The van der Waals surface area contributed by atoms with Crippen molar-refractivity contribution < 1.29 is 9.18 Å². The van der Waals surface area contributed by atoms with Crippen LogP contribution in [0.4, 0.5) is 10.1 Å². The predicted octanol–water partition coefficient (Wildman–Crippen LogP) is 2.86. The average molecular weight is 350 g/mol. The number of halogens is 1. The Bertz CT molecular complexity index is 897. The van der Waals surface area contributed by atoms with Crippen molar-refractivity contribution in [3.8, 4) is 6.07 Å². The molecule has 5 nitrogen and oxygen atoms in total. The summed E-state index contributed by atoms with van der Waals surface area (Å²) >= 11 is 0. The maximum atomic E-state index is 13.7. The molecule has 1 amide bonds. The molecular weight excluding hydrogens is 331 g/mol. The molecule has 0 radical (unpaired) electrons. The lowest BCUT2D eigenvalue weighted by Gasteiger charge is -2.57. The normalized spacial score (nSPS) is 21.3. The minimum atomic E-state index is -0.477. The van der Waals surface area contributed by atoms with Gasteiger partial charge < -0.3 is 10.2 Å². The number of aryl methyl sites for hydroxylation is 1. The van der Waals surface area contributed by atoms with E-state index >= 15 is 0 Å². The van der Waals surface area contributed by atoms with Gasteiger partial charge >= 0.3 is 0 Å². The van der Waals surface area contributed by atoms with Gasteiger partial charge in [-0.15, -0.1) is 0 Å². The van der Waals surface area contributed by atoms with E-state index < -0.39 is 5.41 Å². The van der Waals surface area contributed by atoms with Crippen LogP contribution in [0, 0.1) is 29.5 Å². The van der Waals surface area contributed by atoms with Crippen LogP contribution in [0.1, 0.15) is 35.7 Å². The van der Waals surface area contributed by atoms with E-state index in [1.54, 1.807) is 36.2 Å². The van der Waals surface area contributed by atoms with Crippen molar-refractivity contribution >= 4 is 11.6 Å². The first-order valence-corrected chi connectivity index (χ1v) is 8.73. The zero-order valence-electron chi connectivity index (χ0n) is 14.5. The zero-order chi connectivity index (χ0) is 18.3. The molecule has 1 N–H and O–H groups in total. The molecule has 1 spiro atoms. The highest BCUT2D eigenvalue weighted by atomic mass is 19.1. The van der Waals surface area contributed by atoms with Gasteiger partial charge in [0.15, 0.2) is 0 Å². The number of rotatable bonds is 2. The molecule has 3 heterocycles. The van der Waals surface area contributed by atoms with E-state index in [2.05, 4.69) is 16.4 Å². The maximum Gasteiger partial charge on any atom is 0.236 e. The molecule has 2 aromatic rings. The third-order valence-corrected chi connectivity index (χ3v) is 5.54. The highest BCUT2D eigenvalue weighted by molar-refractivity contribution is 6.06. The van der Waals surface area contributed by atoms with Crippen LogP contribution in [0.15, 0.2) is 36.5 Å². The van der Waals surface area contributed by atoms with Gasteiger partial charge in [0.05, 0.1) is 22.7 Å². The SMILES string of the molecule is Cc1cc(N2C(=O)C3(CCNCC3)C2c2ccc(C#N)cn2)ccc1F. The smallest absolute Gasteiger partial charge is 0.236 e. The summed E-state index contributed by atoms with van der Waals surface area (Å²) in [5, 5.41) is 12.3. The molecule has 0 saturated carbocycles. The van der Waals surface area contributed by atoms with Gasteiger partial charge in [-0.3, -0.25) is 9.78 Å². The number of nitriles is 1. The lowest BCUT2D eigenvalue weighted by Crippen LogP contribution is -2.66. The monoisotopic (exact) mass is 350 g/mol. The summed E-state index contributed by atoms with van der Waals surface area (Å²) in [7, 11) is 0. The number of pyridine rings is 1. The van der Waals surface area contributed by atoms with Crippen molar-refractivity contribution in [1.29, 1.82) is 5.26 Å². The molecule has 132 valence electrons. The molecule has 4 rings (SSSR count). The van der Waals surface area contributed by atoms with Crippen molar-refractivity contribution in [2.45, 2.75) is 25.8 Å². The Morgan fingerprint density at radius 2 is 2.08 bits per heavy atom. The lowest BCUT2D eigenvalue weighted by molar-refractivity contribution is -0.142. The second kappa shape index (κ2) is 6.19. The van der Waals surface area contributed by atoms with Crippen molar-refractivity contribution in [2.75, 3.05) is 18.0 Å². The van der Waals surface area contributed by atoms with E-state index in [4.69, 9.17) is 5.26 Å². The number of carbonyl (C=O) groups excluding carboxylic acids is 1. The van der Waals surface area contributed by atoms with E-state index in [-0.39, 0.29) is 17.8 Å². The van der Waals surface area contributed by atoms with Gasteiger partial charge in [0, 0.05) is 11.9 Å². The van der Waals surface area contributed by atoms with Crippen LogP contribution < -0.4 is 10.2 Å². The summed E-state index contributed by atoms with van der Waals surface area (Å²) in [4.78, 5) is 19.4. The van der Waals surface area contributed by atoms with Gasteiger partial charge in [0.1, 0.15) is 11.9 Å². The summed E-state index contributed by atoms with van der Waals surface area (Å²) in [5.74, 6) is -0.215. The van der Waals surface area contributed by atoms with Crippen LogP contribution >= 0.6 is 0 Å². The third kappa shape index (κ3) is 2.39. The van der Waals surface area contributed by atoms with E-state index in [9.17, 15) is 9.18 Å². The van der Waals surface area contributed by atoms with Crippen LogP contribution in [-0.2, 0) is 4.79 Å². The van der Waals surface area contributed by atoms with Gasteiger partial charge in [-0.05, 0) is 68.8 Å². The number of anilines is 1. The van der Waals surface area contributed by atoms with Crippen molar-refractivity contribution in [3.63, 3.8) is 0 Å². The Balaban J connectivity index is 1.78. The van der Waals surface area contributed by atoms with Gasteiger partial charge in [-0.2, -0.15) is 5.26 Å². The van der Waals surface area contributed by atoms with Crippen LogP contribution in [0.3, 0.4) is 0 Å². The standard InChI is InChI=1S/C20H19FN4O/c1-13-10-15(3-4-16(13)21)25-18(17-5-2-14(11-22)12-24-17)20(19(25)26)6-8-23-9-7-20/h2-5,10,12,18,23H,6-9H2,1H3. The summed E-state index contributed by atoms with van der Waals surface area (Å²) in [6.07, 6.45) is 3.03. The predicted molar refractivity (Wildman–Crippen MR) is 94.9 cm³/mol. The summed E-state index contributed by atoms with van der Waals surface area (Å²) in [6, 6.07) is 10.2. The number of β-lactam (4-membered cyclic amide) rings is 1. The molecule has 26 heavy (non-hydrogen) atoms. The molecule has 0 bridgehead atoms. The van der Waals surface area contributed by atoms with Gasteiger partial charge in [-0.1, -0.05) is 0 Å². The number of aromatic nitrogens is 1. The quantitative estimate of drug-likeness (QED) is 0.846. The van der Waals surface area contributed by atoms with Gasteiger partial charge in [-0.25, -0.2) is 4.39 Å². The summed E-state index contributed by atoms with van der Waals surface area (Å²) in [6.45, 7) is 3.27. The maximum absolute atomic E-state index is 13.7. The van der Waals surface area contributed by atoms with Crippen molar-refractivity contribution in [2.24, 2.45) is 5.41 Å². The van der Waals surface area contributed by atoms with Crippen LogP contribution in [0.5, 0.6) is 0 Å². The molecule has 1 aromatic carbocycles. The topological polar surface area (TPSA) is 69.0 Å². The fourth-order valence-corrected chi connectivity index (χ4v) is 4.11. The molecule has 2 aliphatic rings. The number of hydrogen-bond donors (Lipinski definition) is 1. The van der Waals surface area contributed by atoms with Crippen LogP contribution in [0.2, 0.25) is 0 Å². The first kappa shape index (κ1) is 16.7. The first-order valence-electron chi connectivity index (χ1n) is 8.73. The zero-order valence-corrected chi connectivity index (χ0v) is 14.5. The van der Waals surface area contributed by atoms with Crippen LogP contribution in [0.25, 0.3) is 0 Å². The van der Waals surface area contributed by atoms with E-state index in [0.717, 1.165) is 31.6 Å². The lowest BCUT2D eigenvalue weighted by atomic mass is 9.63. The molecular formula is C20H19FN4O. The minimum absolute atomic E-state index is 0.0705. The molecule has 6 heteroatoms. The Morgan fingerprint density at radius 1 is 1.31 bits per heavy atom. The van der Waals surface area contributed by atoms with Gasteiger partial charge in [0.2, 0.25) is 5.91 Å². The van der Waals surface area contributed by atoms with E-state index in [1.165, 1.54) is 6.07 Å². The number of hydrogen-bond acceptors (Lipinski definition) is 4. The third-order valence-electron chi connectivity index (χ3n) is 5.54. The highest BCUT2D eigenvalue weighted by Gasteiger charge is 2.61. The Hall–Kier alpha value is -2.78. The fourth-order valence-electron chi connectivity index (χ4n) is 4.11. The van der Waals surface area contributed by atoms with Crippen molar-refractivity contribution in [1.82, 2.24) is 10.3 Å². The Morgan fingerprint density at radius 3 is 2.69 bits per heavy atom. The molecule has 1 atom stereocenters.